The molecule has 4 N–H and O–H groups in total. The second-order valence-corrected chi connectivity index (χ2v) is 15.1. The van der Waals surface area contributed by atoms with Crippen LogP contribution < -0.4 is 16.0 Å². The number of carboxylic acids is 1. The molecule has 0 heterocycles. The monoisotopic (exact) mass is 613 g/mol. The smallest absolute Gasteiger partial charge is 0.307 e. The van der Waals surface area contributed by atoms with Crippen LogP contribution in [0.5, 0.6) is 0 Å². The van der Waals surface area contributed by atoms with Gasteiger partial charge in [-0.1, -0.05) is 34.6 Å². The lowest BCUT2D eigenvalue weighted by molar-refractivity contribution is -0.146. The van der Waals surface area contributed by atoms with Crippen molar-refractivity contribution in [1.82, 2.24) is 16.0 Å². The maximum absolute atomic E-state index is 12.9. The van der Waals surface area contributed by atoms with Crippen molar-refractivity contribution in [2.45, 2.75) is 144 Å². The number of aliphatic carboxylic acids is 1. The van der Waals surface area contributed by atoms with Crippen molar-refractivity contribution in [3.8, 4) is 0 Å². The molecule has 0 bridgehead atoms. The summed E-state index contributed by atoms with van der Waals surface area (Å²) in [5, 5.41) is 18.2. The van der Waals surface area contributed by atoms with Crippen LogP contribution in [-0.2, 0) is 28.7 Å². The van der Waals surface area contributed by atoms with Crippen LogP contribution in [-0.4, -0.2) is 77.8 Å². The minimum Gasteiger partial charge on any atom is -0.481 e. The van der Waals surface area contributed by atoms with Gasteiger partial charge in [0.05, 0.1) is 36.4 Å². The van der Waals surface area contributed by atoms with E-state index in [-0.39, 0.29) is 29.2 Å². The molecule has 10 nitrogen and oxygen atoms in total. The molecule has 0 aliphatic heterocycles. The van der Waals surface area contributed by atoms with Gasteiger partial charge in [-0.3, -0.25) is 19.2 Å². The Morgan fingerprint density at radius 3 is 1.81 bits per heavy atom. The fourth-order valence-corrected chi connectivity index (χ4v) is 4.34. The Balaban J connectivity index is 4.32. The minimum atomic E-state index is -0.997. The van der Waals surface area contributed by atoms with E-state index in [1.54, 1.807) is 6.92 Å². The fourth-order valence-electron chi connectivity index (χ4n) is 4.34. The van der Waals surface area contributed by atoms with Gasteiger partial charge in [-0.05, 0) is 80.6 Å². The lowest BCUT2D eigenvalue weighted by Crippen LogP contribution is -2.50. The highest BCUT2D eigenvalue weighted by Gasteiger charge is 2.31. The molecule has 0 aliphatic carbocycles. The van der Waals surface area contributed by atoms with Crippen LogP contribution in [0.1, 0.15) is 122 Å². The van der Waals surface area contributed by atoms with Gasteiger partial charge < -0.3 is 30.5 Å². The Bertz CT molecular complexity index is 888. The summed E-state index contributed by atoms with van der Waals surface area (Å²) in [6.07, 6.45) is 3.97. The zero-order valence-electron chi connectivity index (χ0n) is 29.2. The fraction of sp³-hybridized carbons (Fsp3) is 0.879. The van der Waals surface area contributed by atoms with Crippen molar-refractivity contribution in [1.29, 1.82) is 0 Å². The van der Waals surface area contributed by atoms with Crippen molar-refractivity contribution >= 4 is 23.6 Å². The molecule has 0 aromatic heterocycles. The average Bonchev–Trinajstić information content (AvgIpc) is 2.86. The summed E-state index contributed by atoms with van der Waals surface area (Å²) in [5.41, 5.74) is -1.51. The number of amides is 2. The average molecular weight is 614 g/mol. The van der Waals surface area contributed by atoms with Crippen molar-refractivity contribution in [3.63, 3.8) is 0 Å². The Morgan fingerprint density at radius 1 is 0.721 bits per heavy atom. The maximum Gasteiger partial charge on any atom is 0.307 e. The van der Waals surface area contributed by atoms with Crippen LogP contribution >= 0.6 is 0 Å². The number of rotatable bonds is 21. The van der Waals surface area contributed by atoms with Gasteiger partial charge >= 0.3 is 5.97 Å². The predicted octanol–water partition coefficient (Wildman–Crippen LogP) is 4.88. The van der Waals surface area contributed by atoms with E-state index in [2.05, 4.69) is 36.7 Å². The number of carbonyl (C=O) groups excluding carboxylic acids is 3. The van der Waals surface area contributed by atoms with Crippen molar-refractivity contribution in [2.75, 3.05) is 26.3 Å². The normalized spacial score (nSPS) is 15.0. The molecule has 252 valence electrons. The molecule has 0 rings (SSSR count). The zero-order valence-corrected chi connectivity index (χ0v) is 29.2. The molecule has 0 saturated carbocycles. The van der Waals surface area contributed by atoms with E-state index in [1.807, 2.05) is 48.5 Å². The zero-order chi connectivity index (χ0) is 33.6. The number of hydrogen-bond donors (Lipinski definition) is 4. The number of Topliss-reactive ketones (excluding diaryl/α,β-unsaturated/α-hetero) is 1. The molecule has 0 aliphatic rings. The topological polar surface area (TPSA) is 143 Å². The molecule has 0 saturated heterocycles. The summed E-state index contributed by atoms with van der Waals surface area (Å²) in [6, 6.07) is -0.201. The van der Waals surface area contributed by atoms with E-state index in [9.17, 15) is 19.2 Å². The van der Waals surface area contributed by atoms with Crippen molar-refractivity contribution in [2.24, 2.45) is 17.3 Å². The number of unbranched alkanes of at least 4 members (excludes halogenated alkanes) is 1. The molecule has 3 unspecified atom stereocenters. The number of carbonyl (C=O) groups is 4. The first-order valence-corrected chi connectivity index (χ1v) is 15.8. The number of ketones is 1. The molecule has 2 amide bonds. The molecule has 10 heteroatoms. The lowest BCUT2D eigenvalue weighted by Gasteiger charge is -2.32. The first-order valence-electron chi connectivity index (χ1n) is 15.8. The molecule has 0 aromatic carbocycles. The standard InChI is InChI=1S/C33H63N3O7/c1-23(24(2)29(40)41)28(39)35-20-22-43-33(11,12)18-21-42-32(9,10)17-16-26(37)34-19-14-13-15-25(36-31(6,7)8)27(38)30(3,4)5/h23-25,36H,13-22H2,1-12H3,(H,34,37)(H,35,39)(H,40,41). The van der Waals surface area contributed by atoms with E-state index in [0.717, 1.165) is 19.3 Å². The quantitative estimate of drug-likeness (QED) is 0.134. The Hall–Kier alpha value is -2.04. The largest absolute Gasteiger partial charge is 0.481 e. The summed E-state index contributed by atoms with van der Waals surface area (Å²) >= 11 is 0. The van der Waals surface area contributed by atoms with E-state index < -0.39 is 34.4 Å². The third-order valence-electron chi connectivity index (χ3n) is 7.50. The van der Waals surface area contributed by atoms with Crippen LogP contribution in [0.4, 0.5) is 0 Å². The van der Waals surface area contributed by atoms with Crippen LogP contribution in [0.25, 0.3) is 0 Å². The minimum absolute atomic E-state index is 0.00964. The first kappa shape index (κ1) is 41.0. The Labute approximate surface area is 261 Å². The predicted molar refractivity (Wildman–Crippen MR) is 171 cm³/mol. The first-order chi connectivity index (χ1) is 19.5. The second-order valence-electron chi connectivity index (χ2n) is 15.1. The van der Waals surface area contributed by atoms with E-state index in [4.69, 9.17) is 14.6 Å². The molecule has 0 fully saturated rings. The number of hydrogen-bond acceptors (Lipinski definition) is 7. The summed E-state index contributed by atoms with van der Waals surface area (Å²) in [4.78, 5) is 48.5. The third-order valence-corrected chi connectivity index (χ3v) is 7.50. The van der Waals surface area contributed by atoms with Crippen molar-refractivity contribution < 1.29 is 33.8 Å². The van der Waals surface area contributed by atoms with Gasteiger partial charge in [0.25, 0.3) is 0 Å². The highest BCUT2D eigenvalue weighted by atomic mass is 16.5. The van der Waals surface area contributed by atoms with Gasteiger partial charge in [0.15, 0.2) is 5.78 Å². The molecular formula is C33H63N3O7. The second kappa shape index (κ2) is 18.1. The number of nitrogens with one attached hydrogen (secondary N) is 3. The highest BCUT2D eigenvalue weighted by Crippen LogP contribution is 2.22. The highest BCUT2D eigenvalue weighted by molar-refractivity contribution is 5.88. The van der Waals surface area contributed by atoms with Gasteiger partial charge in [0, 0.05) is 36.4 Å². The molecule has 43 heavy (non-hydrogen) atoms. The van der Waals surface area contributed by atoms with Gasteiger partial charge in [0.2, 0.25) is 11.8 Å². The Morgan fingerprint density at radius 2 is 1.28 bits per heavy atom. The van der Waals surface area contributed by atoms with Gasteiger partial charge in [-0.15, -0.1) is 0 Å². The van der Waals surface area contributed by atoms with E-state index >= 15 is 0 Å². The van der Waals surface area contributed by atoms with Crippen molar-refractivity contribution in [3.05, 3.63) is 0 Å². The summed E-state index contributed by atoms with van der Waals surface area (Å²) in [7, 11) is 0. The molecule has 3 atom stereocenters. The van der Waals surface area contributed by atoms with Crippen LogP contribution in [0.3, 0.4) is 0 Å². The van der Waals surface area contributed by atoms with Gasteiger partial charge in [-0.25, -0.2) is 0 Å². The van der Waals surface area contributed by atoms with E-state index in [1.165, 1.54) is 6.92 Å². The third kappa shape index (κ3) is 19.1. The molecule has 0 radical (unpaired) electrons. The van der Waals surface area contributed by atoms with Gasteiger partial charge in [0.1, 0.15) is 0 Å². The molecular weight excluding hydrogens is 550 g/mol. The summed E-state index contributed by atoms with van der Waals surface area (Å²) in [6.45, 7) is 24.6. The SMILES string of the molecule is CC(C(=O)O)C(C)C(=O)NCCOC(C)(C)CCOC(C)(C)CCC(=O)NCCCCC(NC(C)(C)C)C(=O)C(C)(C)C. The van der Waals surface area contributed by atoms with Crippen LogP contribution in [0.15, 0.2) is 0 Å². The number of carboxylic acid groups (broad SMARTS) is 1. The van der Waals surface area contributed by atoms with Crippen LogP contribution in [0.2, 0.25) is 0 Å². The number of ether oxygens (including phenoxy) is 2. The van der Waals surface area contributed by atoms with Gasteiger partial charge in [-0.2, -0.15) is 0 Å². The lowest BCUT2D eigenvalue weighted by atomic mass is 9.84. The Kier molecular flexibility index (Phi) is 17.2. The molecule has 0 spiro atoms. The summed E-state index contributed by atoms with van der Waals surface area (Å²) < 4.78 is 12.0. The molecule has 0 aromatic rings. The maximum atomic E-state index is 12.9. The summed E-state index contributed by atoms with van der Waals surface area (Å²) in [5.74, 6) is -2.48. The van der Waals surface area contributed by atoms with E-state index in [0.29, 0.717) is 45.6 Å². The van der Waals surface area contributed by atoms with Crippen LogP contribution in [0, 0.1) is 17.3 Å².